The van der Waals surface area contributed by atoms with Crippen LogP contribution in [0.1, 0.15) is 53.3 Å². The Hall–Kier alpha value is -4.12. The van der Waals surface area contributed by atoms with Crippen LogP contribution >= 0.6 is 0 Å². The standard InChI is InChI=1S/C33H31N3O2/c1-21-16-22(2)36(34-21)27-9-7-8-23(17-27)24-18-25-14-15-26(19-24)35(25)33(37)38-20-32-30-12-5-3-10-28(30)29-11-4-6-13-31(29)32/h3-13,16-18,25-26,32H,14-15,19-20H2,1-2H3. The van der Waals surface area contributed by atoms with Gasteiger partial charge in [0, 0.05) is 17.7 Å². The van der Waals surface area contributed by atoms with Crippen LogP contribution < -0.4 is 0 Å². The molecule has 190 valence electrons. The molecule has 0 radical (unpaired) electrons. The highest BCUT2D eigenvalue weighted by atomic mass is 16.6. The van der Waals surface area contributed by atoms with Crippen LogP contribution in [0.15, 0.2) is 84.9 Å². The number of amides is 1. The van der Waals surface area contributed by atoms with Gasteiger partial charge >= 0.3 is 6.09 Å². The molecule has 3 aliphatic rings. The number of aryl methyl sites for hydroxylation is 2. The lowest BCUT2D eigenvalue weighted by molar-refractivity contribution is 0.0866. The summed E-state index contributed by atoms with van der Waals surface area (Å²) in [5.74, 6) is 0.0806. The molecule has 1 aliphatic carbocycles. The number of nitrogens with zero attached hydrogens (tertiary/aromatic N) is 3. The molecule has 0 N–H and O–H groups in total. The Balaban J connectivity index is 1.09. The first-order chi connectivity index (χ1) is 18.6. The van der Waals surface area contributed by atoms with E-state index in [-0.39, 0.29) is 24.1 Å². The first kappa shape index (κ1) is 23.0. The molecule has 3 heterocycles. The Morgan fingerprint density at radius 2 is 1.66 bits per heavy atom. The van der Waals surface area contributed by atoms with E-state index in [2.05, 4.69) is 97.0 Å². The molecule has 3 aromatic carbocycles. The van der Waals surface area contributed by atoms with Gasteiger partial charge in [-0.15, -0.1) is 0 Å². The molecule has 0 saturated carbocycles. The number of benzene rings is 3. The highest BCUT2D eigenvalue weighted by molar-refractivity contribution is 5.79. The van der Waals surface area contributed by atoms with E-state index in [9.17, 15) is 4.79 Å². The number of fused-ring (bicyclic) bond motifs is 5. The van der Waals surface area contributed by atoms with Gasteiger partial charge < -0.3 is 4.74 Å². The van der Waals surface area contributed by atoms with Crippen LogP contribution in [0.5, 0.6) is 0 Å². The van der Waals surface area contributed by atoms with E-state index in [1.54, 1.807) is 0 Å². The predicted molar refractivity (Wildman–Crippen MR) is 149 cm³/mol. The van der Waals surface area contributed by atoms with Gasteiger partial charge in [-0.25, -0.2) is 9.48 Å². The molecule has 1 aromatic heterocycles. The van der Waals surface area contributed by atoms with Gasteiger partial charge in [0.05, 0.1) is 17.4 Å². The van der Waals surface area contributed by atoms with E-state index >= 15 is 0 Å². The van der Waals surface area contributed by atoms with Crippen LogP contribution in [0.3, 0.4) is 0 Å². The minimum atomic E-state index is -0.189. The van der Waals surface area contributed by atoms with E-state index in [1.807, 2.05) is 16.5 Å². The third kappa shape index (κ3) is 3.76. The van der Waals surface area contributed by atoms with Gasteiger partial charge in [-0.3, -0.25) is 4.90 Å². The number of carbonyl (C=O) groups is 1. The van der Waals surface area contributed by atoms with Crippen LogP contribution in [-0.2, 0) is 4.74 Å². The van der Waals surface area contributed by atoms with Crippen molar-refractivity contribution in [3.63, 3.8) is 0 Å². The first-order valence-corrected chi connectivity index (χ1v) is 13.5. The van der Waals surface area contributed by atoms with E-state index in [0.717, 1.165) is 36.3 Å². The molecule has 1 amide bonds. The molecule has 2 aliphatic heterocycles. The molecule has 5 heteroatoms. The highest BCUT2D eigenvalue weighted by Crippen LogP contribution is 2.45. The number of carbonyl (C=O) groups excluding carboxylic acids is 1. The van der Waals surface area contributed by atoms with Crippen molar-refractivity contribution in [1.82, 2.24) is 14.7 Å². The lowest BCUT2D eigenvalue weighted by Gasteiger charge is -2.33. The molecule has 2 unspecified atom stereocenters. The molecule has 2 bridgehead atoms. The zero-order valence-corrected chi connectivity index (χ0v) is 21.8. The first-order valence-electron chi connectivity index (χ1n) is 13.5. The predicted octanol–water partition coefficient (Wildman–Crippen LogP) is 7.06. The third-order valence-electron chi connectivity index (χ3n) is 8.41. The summed E-state index contributed by atoms with van der Waals surface area (Å²) in [6.07, 6.45) is 4.93. The largest absolute Gasteiger partial charge is 0.448 e. The van der Waals surface area contributed by atoms with Crippen molar-refractivity contribution in [3.8, 4) is 16.8 Å². The van der Waals surface area contributed by atoms with Gasteiger partial charge in [0.25, 0.3) is 0 Å². The van der Waals surface area contributed by atoms with Gasteiger partial charge in [-0.05, 0) is 84.7 Å². The minimum Gasteiger partial charge on any atom is -0.448 e. The molecule has 2 atom stereocenters. The SMILES string of the molecule is Cc1cc(C)n(-c2cccc(C3=CC4CCC(C3)N4C(=O)OCC3c4ccccc4-c4ccccc43)c2)n1. The van der Waals surface area contributed by atoms with E-state index in [1.165, 1.54) is 33.4 Å². The molecule has 0 spiro atoms. The number of aromatic nitrogens is 2. The van der Waals surface area contributed by atoms with Crippen LogP contribution in [0.25, 0.3) is 22.4 Å². The van der Waals surface area contributed by atoms with Crippen molar-refractivity contribution in [2.45, 2.75) is 51.1 Å². The summed E-state index contributed by atoms with van der Waals surface area (Å²) in [4.78, 5) is 15.4. The Morgan fingerprint density at radius 1 is 0.921 bits per heavy atom. The lowest BCUT2D eigenvalue weighted by Crippen LogP contribution is -2.43. The van der Waals surface area contributed by atoms with Crippen molar-refractivity contribution >= 4 is 11.7 Å². The maximum atomic E-state index is 13.4. The van der Waals surface area contributed by atoms with Crippen molar-refractivity contribution in [2.75, 3.05) is 6.61 Å². The van der Waals surface area contributed by atoms with Crippen LogP contribution in [0.2, 0.25) is 0 Å². The molecular formula is C33H31N3O2. The Bertz CT molecular complexity index is 1540. The van der Waals surface area contributed by atoms with Crippen LogP contribution in [0, 0.1) is 13.8 Å². The number of rotatable bonds is 4. The lowest BCUT2D eigenvalue weighted by atomic mass is 9.94. The smallest absolute Gasteiger partial charge is 0.410 e. The van der Waals surface area contributed by atoms with Gasteiger partial charge in [-0.2, -0.15) is 5.10 Å². The Labute approximate surface area is 223 Å². The van der Waals surface area contributed by atoms with Crippen LogP contribution in [-0.4, -0.2) is 39.5 Å². The molecule has 5 nitrogen and oxygen atoms in total. The Morgan fingerprint density at radius 3 is 2.34 bits per heavy atom. The number of ether oxygens (including phenoxy) is 1. The van der Waals surface area contributed by atoms with Crippen molar-refractivity contribution < 1.29 is 9.53 Å². The maximum Gasteiger partial charge on any atom is 0.410 e. The normalized spacial score (nSPS) is 19.7. The molecule has 1 saturated heterocycles. The molecule has 1 fully saturated rings. The van der Waals surface area contributed by atoms with Crippen LogP contribution in [0.4, 0.5) is 4.79 Å². The second-order valence-corrected chi connectivity index (χ2v) is 10.8. The van der Waals surface area contributed by atoms with Gasteiger partial charge in [-0.1, -0.05) is 66.7 Å². The van der Waals surface area contributed by atoms with E-state index in [0.29, 0.717) is 6.61 Å². The van der Waals surface area contributed by atoms with Crippen molar-refractivity contribution in [3.05, 3.63) is 113 Å². The summed E-state index contributed by atoms with van der Waals surface area (Å²) in [5, 5.41) is 4.65. The summed E-state index contributed by atoms with van der Waals surface area (Å²) in [6, 6.07) is 27.9. The highest BCUT2D eigenvalue weighted by Gasteiger charge is 2.41. The topological polar surface area (TPSA) is 47.4 Å². The summed E-state index contributed by atoms with van der Waals surface area (Å²) >= 11 is 0. The third-order valence-corrected chi connectivity index (χ3v) is 8.41. The number of hydrogen-bond donors (Lipinski definition) is 0. The fourth-order valence-corrected chi connectivity index (χ4v) is 6.73. The fraction of sp³-hybridized carbons (Fsp3) is 0.273. The molecule has 38 heavy (non-hydrogen) atoms. The number of hydrogen-bond acceptors (Lipinski definition) is 3. The van der Waals surface area contributed by atoms with Gasteiger partial charge in [0.15, 0.2) is 0 Å². The van der Waals surface area contributed by atoms with Crippen molar-refractivity contribution in [2.24, 2.45) is 0 Å². The zero-order chi connectivity index (χ0) is 25.8. The monoisotopic (exact) mass is 501 g/mol. The summed E-state index contributed by atoms with van der Waals surface area (Å²) in [7, 11) is 0. The quantitative estimate of drug-likeness (QED) is 0.301. The average Bonchev–Trinajstić information content (AvgIpc) is 3.55. The van der Waals surface area contributed by atoms with Gasteiger partial charge in [0.1, 0.15) is 6.61 Å². The molecular weight excluding hydrogens is 470 g/mol. The maximum absolute atomic E-state index is 13.4. The Kier molecular flexibility index (Phi) is 5.46. The molecule has 4 aromatic rings. The molecule has 7 rings (SSSR count). The minimum absolute atomic E-state index is 0.0803. The second kappa shape index (κ2) is 9.02. The van der Waals surface area contributed by atoms with Crippen molar-refractivity contribution in [1.29, 1.82) is 0 Å². The summed E-state index contributed by atoms with van der Waals surface area (Å²) in [6.45, 7) is 4.47. The summed E-state index contributed by atoms with van der Waals surface area (Å²) < 4.78 is 8.04. The van der Waals surface area contributed by atoms with E-state index in [4.69, 9.17) is 4.74 Å². The average molecular weight is 502 g/mol. The summed E-state index contributed by atoms with van der Waals surface area (Å²) in [5.41, 5.74) is 10.7. The van der Waals surface area contributed by atoms with Gasteiger partial charge in [0.2, 0.25) is 0 Å². The van der Waals surface area contributed by atoms with E-state index < -0.39 is 0 Å². The zero-order valence-electron chi connectivity index (χ0n) is 21.8. The fourth-order valence-electron chi connectivity index (χ4n) is 6.73. The second-order valence-electron chi connectivity index (χ2n) is 10.8.